The average molecular weight is 955 g/mol. The Hall–Kier alpha value is -7.22. The molecule has 6 heterocycles. The quantitative estimate of drug-likeness (QED) is 0.0411. The van der Waals surface area contributed by atoms with Gasteiger partial charge in [0.15, 0.2) is 11.6 Å². The summed E-state index contributed by atoms with van der Waals surface area (Å²) in [6, 6.07) is 21.2. The monoisotopic (exact) mass is 954 g/mol. The molecule has 70 heavy (non-hydrogen) atoms. The first-order valence-corrected chi connectivity index (χ1v) is 24.1. The lowest BCUT2D eigenvalue weighted by Gasteiger charge is -2.37. The Morgan fingerprint density at radius 2 is 1.67 bits per heavy atom. The molecule has 4 aliphatic rings. The van der Waals surface area contributed by atoms with Crippen molar-refractivity contribution < 1.29 is 42.9 Å². The van der Waals surface area contributed by atoms with E-state index in [1.54, 1.807) is 30.6 Å². The summed E-state index contributed by atoms with van der Waals surface area (Å²) in [5.41, 5.74) is 4.18. The fourth-order valence-corrected chi connectivity index (χ4v) is 9.35. The standard InChI is InChI=1S/C51H58N10O9/c62-44-14-12-42(48(65)56-44)61-31-39-37(49(61)66)9-5-10-40(39)54-45(63)32-68-26-6-25-67-24-2-1-3-27-69-36-11-13-43-38(30-36)41(17-28-70-43)55-47(64)34-7-4-8-35(29-34)58-51(18-22-53-23-19-51)50-57-46(59-60-50)33-15-20-52-21-16-33/h4-5,7-11,13,15-16,20-21,29-30,41-42,53,58H,1-3,6,12,14,17-19,22-28,31-32H2,(H,54,63)(H,55,64)(H,56,62,65)(H,57,59,60)/t41-,42?/m0/s1. The molecular weight excluding hydrogens is 897 g/mol. The van der Waals surface area contributed by atoms with Gasteiger partial charge in [0.25, 0.3) is 11.8 Å². The zero-order chi connectivity index (χ0) is 48.3. The van der Waals surface area contributed by atoms with E-state index in [4.69, 9.17) is 18.9 Å². The van der Waals surface area contributed by atoms with Gasteiger partial charge in [-0.25, -0.2) is 0 Å². The molecule has 366 valence electrons. The van der Waals surface area contributed by atoms with Crippen LogP contribution < -0.4 is 36.1 Å². The van der Waals surface area contributed by atoms with Crippen LogP contribution in [0.4, 0.5) is 11.4 Å². The number of carbonyl (C=O) groups is 5. The van der Waals surface area contributed by atoms with E-state index in [9.17, 15) is 24.0 Å². The van der Waals surface area contributed by atoms with Crippen LogP contribution in [0.3, 0.4) is 0 Å². The minimum absolute atomic E-state index is 0.158. The number of nitrogens with zero attached hydrogens (tertiary/aromatic N) is 4. The molecule has 5 aromatic rings. The van der Waals surface area contributed by atoms with Gasteiger partial charge in [-0.15, -0.1) is 10.2 Å². The summed E-state index contributed by atoms with van der Waals surface area (Å²) in [5, 5.41) is 24.6. The van der Waals surface area contributed by atoms with Gasteiger partial charge in [0.1, 0.15) is 24.1 Å². The zero-order valence-corrected chi connectivity index (χ0v) is 38.9. The third-order valence-corrected chi connectivity index (χ3v) is 13.1. The number of hydrogen-bond donors (Lipinski definition) is 6. The second-order valence-electron chi connectivity index (χ2n) is 17.9. The van der Waals surface area contributed by atoms with Crippen LogP contribution in [-0.4, -0.2) is 113 Å². The molecule has 1 unspecified atom stereocenters. The highest BCUT2D eigenvalue weighted by atomic mass is 16.5. The van der Waals surface area contributed by atoms with E-state index >= 15 is 0 Å². The summed E-state index contributed by atoms with van der Waals surface area (Å²) in [4.78, 5) is 72.6. The number of piperidine rings is 2. The van der Waals surface area contributed by atoms with Crippen molar-refractivity contribution in [3.05, 3.63) is 113 Å². The van der Waals surface area contributed by atoms with Crippen molar-refractivity contribution in [3.63, 3.8) is 0 Å². The maximum Gasteiger partial charge on any atom is 0.255 e. The van der Waals surface area contributed by atoms with Crippen LogP contribution in [0.1, 0.15) is 101 Å². The predicted octanol–water partition coefficient (Wildman–Crippen LogP) is 5.18. The molecule has 19 heteroatoms. The Morgan fingerprint density at radius 3 is 2.53 bits per heavy atom. The van der Waals surface area contributed by atoms with E-state index in [1.165, 1.54) is 4.90 Å². The lowest BCUT2D eigenvalue weighted by Crippen LogP contribution is -2.52. The van der Waals surface area contributed by atoms with Crippen LogP contribution in [0.2, 0.25) is 0 Å². The summed E-state index contributed by atoms with van der Waals surface area (Å²) in [6.45, 7) is 4.07. The molecule has 9 rings (SSSR count). The number of fused-ring (bicyclic) bond motifs is 2. The van der Waals surface area contributed by atoms with Gasteiger partial charge in [0.05, 0.1) is 24.8 Å². The number of anilines is 2. The van der Waals surface area contributed by atoms with Crippen molar-refractivity contribution in [2.45, 2.75) is 82.0 Å². The zero-order valence-electron chi connectivity index (χ0n) is 38.9. The molecule has 2 aromatic heterocycles. The van der Waals surface area contributed by atoms with Crippen molar-refractivity contribution in [2.75, 3.05) is 63.4 Å². The normalized spacial score (nSPS) is 18.3. The van der Waals surface area contributed by atoms with E-state index < -0.39 is 17.5 Å². The molecule has 3 aromatic carbocycles. The van der Waals surface area contributed by atoms with Gasteiger partial charge in [-0.1, -0.05) is 12.1 Å². The summed E-state index contributed by atoms with van der Waals surface area (Å²) in [5.74, 6) is 1.20. The van der Waals surface area contributed by atoms with E-state index in [1.807, 2.05) is 54.6 Å². The molecule has 2 fully saturated rings. The first-order chi connectivity index (χ1) is 34.2. The molecule has 4 aliphatic heterocycles. The largest absolute Gasteiger partial charge is 0.494 e. The summed E-state index contributed by atoms with van der Waals surface area (Å²) >= 11 is 0. The smallest absolute Gasteiger partial charge is 0.255 e. The van der Waals surface area contributed by atoms with Crippen molar-refractivity contribution in [1.82, 2.24) is 41.0 Å². The van der Waals surface area contributed by atoms with Crippen LogP contribution in [0, 0.1) is 0 Å². The molecule has 6 N–H and O–H groups in total. The van der Waals surface area contributed by atoms with E-state index in [2.05, 4.69) is 46.7 Å². The third-order valence-electron chi connectivity index (χ3n) is 13.1. The van der Waals surface area contributed by atoms with Crippen LogP contribution >= 0.6 is 0 Å². The fourth-order valence-electron chi connectivity index (χ4n) is 9.35. The van der Waals surface area contributed by atoms with Crippen LogP contribution in [-0.2, 0) is 35.9 Å². The molecule has 0 spiro atoms. The van der Waals surface area contributed by atoms with Crippen molar-refractivity contribution >= 4 is 40.9 Å². The molecule has 0 bridgehead atoms. The molecule has 2 saturated heterocycles. The Kier molecular flexibility index (Phi) is 15.4. The van der Waals surface area contributed by atoms with Crippen LogP contribution in [0.5, 0.6) is 11.5 Å². The lowest BCUT2D eigenvalue weighted by atomic mass is 9.87. The highest BCUT2D eigenvalue weighted by Crippen LogP contribution is 2.37. The third kappa shape index (κ3) is 11.4. The summed E-state index contributed by atoms with van der Waals surface area (Å²) in [7, 11) is 0. The highest BCUT2D eigenvalue weighted by molar-refractivity contribution is 6.07. The minimum atomic E-state index is -0.733. The molecule has 19 nitrogen and oxygen atoms in total. The lowest BCUT2D eigenvalue weighted by molar-refractivity contribution is -0.137. The Labute approximate surface area is 405 Å². The first kappa shape index (κ1) is 47.8. The Balaban J connectivity index is 0.665. The fraction of sp³-hybridized carbons (Fsp3) is 0.412. The number of hydrogen-bond acceptors (Lipinski definition) is 14. The number of nitrogens with one attached hydrogen (secondary N) is 6. The van der Waals surface area contributed by atoms with Crippen LogP contribution in [0.25, 0.3) is 11.4 Å². The molecular formula is C51H58N10O9. The van der Waals surface area contributed by atoms with Crippen molar-refractivity contribution in [1.29, 1.82) is 0 Å². The first-order valence-electron chi connectivity index (χ1n) is 24.1. The summed E-state index contributed by atoms with van der Waals surface area (Å²) in [6.07, 6.45) is 9.32. The van der Waals surface area contributed by atoms with Gasteiger partial charge >= 0.3 is 0 Å². The number of ether oxygens (including phenoxy) is 4. The van der Waals surface area contributed by atoms with Gasteiger partial charge in [-0.05, 0) is 119 Å². The highest BCUT2D eigenvalue weighted by Gasteiger charge is 2.40. The van der Waals surface area contributed by atoms with Crippen molar-refractivity contribution in [2.24, 2.45) is 0 Å². The maximum atomic E-state index is 13.8. The number of benzene rings is 3. The number of unbranched alkanes of at least 4 members (excludes halogenated alkanes) is 2. The van der Waals surface area contributed by atoms with Gasteiger partial charge in [0.2, 0.25) is 17.7 Å². The number of imide groups is 1. The number of carbonyl (C=O) groups excluding carboxylic acids is 5. The van der Waals surface area contributed by atoms with E-state index in [-0.39, 0.29) is 55.7 Å². The van der Waals surface area contributed by atoms with E-state index in [0.29, 0.717) is 79.8 Å². The average Bonchev–Trinajstić information content (AvgIpc) is 4.01. The predicted molar refractivity (Wildman–Crippen MR) is 257 cm³/mol. The Morgan fingerprint density at radius 1 is 0.857 bits per heavy atom. The molecule has 2 atom stereocenters. The number of aromatic amines is 1. The Bertz CT molecular complexity index is 2670. The molecule has 0 radical (unpaired) electrons. The van der Waals surface area contributed by atoms with Crippen LogP contribution in [0.15, 0.2) is 85.2 Å². The second-order valence-corrected chi connectivity index (χ2v) is 17.9. The molecule has 5 amide bonds. The van der Waals surface area contributed by atoms with E-state index in [0.717, 1.165) is 73.6 Å². The van der Waals surface area contributed by atoms with Gasteiger partial charge < -0.3 is 50.1 Å². The van der Waals surface area contributed by atoms with Crippen molar-refractivity contribution in [3.8, 4) is 22.9 Å². The SMILES string of the molecule is O=C1CCC(N2Cc3c(NC(=O)COCCCOCCCCCOc4ccc5c(c4)[C@@H](NC(=O)c4cccc(NC6(c7nnc(-c8ccncc8)[nH]7)CCNCC6)c4)CCO5)cccc3C2=O)C(=O)N1. The second kappa shape index (κ2) is 22.5. The maximum absolute atomic E-state index is 13.8. The number of pyridine rings is 1. The number of aromatic nitrogens is 4. The topological polar surface area (TPSA) is 240 Å². The van der Waals surface area contributed by atoms with Gasteiger partial charge in [-0.3, -0.25) is 34.3 Å². The minimum Gasteiger partial charge on any atom is -0.494 e. The number of H-pyrrole nitrogens is 1. The summed E-state index contributed by atoms with van der Waals surface area (Å²) < 4.78 is 23.5. The number of rotatable bonds is 21. The van der Waals surface area contributed by atoms with Gasteiger partial charge in [-0.2, -0.15) is 0 Å². The molecule has 0 aliphatic carbocycles. The molecule has 0 saturated carbocycles. The number of amides is 5. The van der Waals surface area contributed by atoms with Gasteiger partial charge in [0, 0.05) is 90.8 Å².